The lowest BCUT2D eigenvalue weighted by atomic mass is 10.1. The molecule has 1 unspecified atom stereocenters. The van der Waals surface area contributed by atoms with Gasteiger partial charge in [0.25, 0.3) is 0 Å². The normalized spacial score (nSPS) is 14.7. The molecule has 12 aromatic rings. The molecule has 0 aliphatic carbocycles. The summed E-state index contributed by atoms with van der Waals surface area (Å²) in [5.41, 5.74) is 7.39. The van der Waals surface area contributed by atoms with Crippen molar-refractivity contribution in [1.29, 1.82) is 0 Å². The predicted octanol–water partition coefficient (Wildman–Crippen LogP) is 10.6. The Balaban J connectivity index is 1.08. The van der Waals surface area contributed by atoms with Gasteiger partial charge in [0.05, 0.1) is 11.0 Å². The van der Waals surface area contributed by atoms with E-state index in [9.17, 15) is 0 Å². The lowest BCUT2D eigenvalue weighted by molar-refractivity contribution is 1.08. The Labute approximate surface area is 353 Å². The summed E-state index contributed by atoms with van der Waals surface area (Å²) in [6.45, 7) is 0. The molecule has 1 aliphatic heterocycles. The molecule has 0 saturated carbocycles. The zero-order valence-electron chi connectivity index (χ0n) is 32.0. The van der Waals surface area contributed by atoms with Crippen molar-refractivity contribution in [3.63, 3.8) is 0 Å². The first-order valence-electron chi connectivity index (χ1n) is 20.1. The summed E-state index contributed by atoms with van der Waals surface area (Å²) in [4.78, 5) is 21.7. The van der Waals surface area contributed by atoms with Crippen molar-refractivity contribution in [2.45, 2.75) is 0 Å². The monoisotopic (exact) mass is 817 g/mol. The van der Waals surface area contributed by atoms with Gasteiger partial charge in [0, 0.05) is 62.7 Å². The van der Waals surface area contributed by atoms with Gasteiger partial charge < -0.3 is 0 Å². The molecular weight excluding hydrogens is 787 g/mol. The van der Waals surface area contributed by atoms with Crippen molar-refractivity contribution in [1.82, 2.24) is 24.5 Å². The van der Waals surface area contributed by atoms with Crippen LogP contribution in [0, 0.1) is 0 Å². The third-order valence-corrected chi connectivity index (χ3v) is 19.2. The molecule has 4 aromatic heterocycles. The highest BCUT2D eigenvalue weighted by Crippen LogP contribution is 2.42. The number of imidazole rings is 1. The number of para-hydroxylation sites is 3. The first-order chi connectivity index (χ1) is 29.7. The van der Waals surface area contributed by atoms with E-state index < -0.39 is 8.07 Å². The number of rotatable bonds is 5. The topological polar surface area (TPSA) is 56.5 Å². The predicted molar refractivity (Wildman–Crippen MR) is 254 cm³/mol. The van der Waals surface area contributed by atoms with Crippen LogP contribution in [0.1, 0.15) is 0 Å². The molecule has 0 fully saturated rings. The van der Waals surface area contributed by atoms with Gasteiger partial charge in [0.1, 0.15) is 5.45 Å². The van der Waals surface area contributed by atoms with Crippen LogP contribution in [0.15, 0.2) is 188 Å². The zero-order chi connectivity index (χ0) is 39.4. The van der Waals surface area contributed by atoms with Crippen molar-refractivity contribution < 1.29 is 0 Å². The Hall–Kier alpha value is -7.10. The molecule has 60 heavy (non-hydrogen) atoms. The van der Waals surface area contributed by atoms with Gasteiger partial charge in [-0.05, 0) is 58.0 Å². The number of benzene rings is 8. The van der Waals surface area contributed by atoms with Crippen LogP contribution < -0.4 is 21.0 Å². The van der Waals surface area contributed by atoms with E-state index >= 15 is 0 Å². The number of fused-ring (bicyclic) bond motifs is 11. The highest BCUT2D eigenvalue weighted by molar-refractivity contribution is 7.26. The van der Waals surface area contributed by atoms with Gasteiger partial charge in [0.15, 0.2) is 17.5 Å². The molecule has 5 nitrogen and oxygen atoms in total. The summed E-state index contributed by atoms with van der Waals surface area (Å²) in [6.07, 6.45) is 0. The van der Waals surface area contributed by atoms with Crippen molar-refractivity contribution in [3.05, 3.63) is 188 Å². The van der Waals surface area contributed by atoms with Crippen LogP contribution in [0.5, 0.6) is 0 Å². The lowest BCUT2D eigenvalue weighted by Crippen LogP contribution is -2.73. The smallest absolute Gasteiger partial charge is 0.226 e. The lowest BCUT2D eigenvalue weighted by Gasteiger charge is -2.28. The Morgan fingerprint density at radius 2 is 0.967 bits per heavy atom. The Bertz CT molecular complexity index is 3570. The van der Waals surface area contributed by atoms with Gasteiger partial charge in [-0.2, -0.15) is 0 Å². The second kappa shape index (κ2) is 12.9. The fourth-order valence-corrected chi connectivity index (χ4v) is 16.9. The number of hydrogen-bond donors (Lipinski definition) is 0. The Morgan fingerprint density at radius 1 is 0.417 bits per heavy atom. The van der Waals surface area contributed by atoms with Gasteiger partial charge >= 0.3 is 0 Å². The third kappa shape index (κ3) is 4.78. The van der Waals surface area contributed by atoms with Crippen LogP contribution in [0.25, 0.3) is 91.2 Å². The summed E-state index contributed by atoms with van der Waals surface area (Å²) in [7, 11) is -2.95. The van der Waals surface area contributed by atoms with Crippen molar-refractivity contribution in [2.24, 2.45) is 0 Å². The first-order valence-corrected chi connectivity index (χ1v) is 23.7. The van der Waals surface area contributed by atoms with Crippen LogP contribution >= 0.6 is 22.7 Å². The van der Waals surface area contributed by atoms with Crippen LogP contribution in [-0.2, 0) is 0 Å². The zero-order valence-corrected chi connectivity index (χ0v) is 34.6. The standard InChI is InChI=1S/C52H31N5S2Si/c1-2-16-33(17-3-1)60(46-30-11-8-27-43(46)57-42-26-7-6-25-41(42)53-52(57)60)34-18-12-15-32(31-34)49-54-50(39-23-13-21-37-35-19-4-9-28-44(35)58-47(37)39)56-51(55-49)40-24-14-22-38-36-20-5-10-29-45(36)59-48(38)40/h1-31H. The molecule has 1 atom stereocenters. The SMILES string of the molecule is c1ccc([Si]2(c3cccc(-c4nc(-c5cccc6c5sc5ccccc56)nc(-c5cccc6c5sc5ccccc56)n4)c3)c3ccccc3-n3c2nc2ccccc23)cc1. The molecule has 13 rings (SSSR count). The van der Waals surface area contributed by atoms with E-state index in [2.05, 4.69) is 193 Å². The largest absolute Gasteiger partial charge is 0.299 e. The summed E-state index contributed by atoms with van der Waals surface area (Å²) in [6, 6.07) is 67.7. The quantitative estimate of drug-likeness (QED) is 0.162. The summed E-state index contributed by atoms with van der Waals surface area (Å²) in [5.74, 6) is 1.97. The second-order valence-corrected chi connectivity index (χ2v) is 21.1. The first kappa shape index (κ1) is 33.8. The molecule has 0 saturated heterocycles. The highest BCUT2D eigenvalue weighted by atomic mass is 32.1. The van der Waals surface area contributed by atoms with Crippen molar-refractivity contribution in [2.75, 3.05) is 0 Å². The maximum absolute atomic E-state index is 5.50. The van der Waals surface area contributed by atoms with Crippen LogP contribution in [0.4, 0.5) is 0 Å². The minimum atomic E-state index is -2.95. The van der Waals surface area contributed by atoms with E-state index in [1.54, 1.807) is 22.7 Å². The van der Waals surface area contributed by atoms with Crippen LogP contribution in [0.3, 0.4) is 0 Å². The summed E-state index contributed by atoms with van der Waals surface area (Å²) < 4.78 is 7.25. The average Bonchev–Trinajstić information content (AvgIpc) is 4.07. The molecule has 0 N–H and O–H groups in total. The number of nitrogens with zero attached hydrogens (tertiary/aromatic N) is 5. The molecule has 0 bridgehead atoms. The summed E-state index contributed by atoms with van der Waals surface area (Å²) in [5, 5.41) is 8.76. The third-order valence-electron chi connectivity index (χ3n) is 12.1. The Morgan fingerprint density at radius 3 is 1.68 bits per heavy atom. The minimum Gasteiger partial charge on any atom is -0.299 e. The van der Waals surface area contributed by atoms with E-state index in [1.165, 1.54) is 61.6 Å². The fraction of sp³-hybridized carbons (Fsp3) is 0. The van der Waals surface area contributed by atoms with E-state index in [-0.39, 0.29) is 0 Å². The average molecular weight is 818 g/mol. The summed E-state index contributed by atoms with van der Waals surface area (Å²) >= 11 is 3.59. The molecule has 5 heterocycles. The van der Waals surface area contributed by atoms with Gasteiger partial charge in [-0.1, -0.05) is 146 Å². The molecule has 1 aliphatic rings. The van der Waals surface area contributed by atoms with E-state index in [0.29, 0.717) is 17.5 Å². The molecule has 0 spiro atoms. The highest BCUT2D eigenvalue weighted by Gasteiger charge is 2.52. The van der Waals surface area contributed by atoms with E-state index in [1.807, 2.05) is 0 Å². The second-order valence-electron chi connectivity index (χ2n) is 15.3. The van der Waals surface area contributed by atoms with Crippen LogP contribution in [-0.4, -0.2) is 32.6 Å². The molecule has 8 aromatic carbocycles. The Kier molecular flexibility index (Phi) is 7.30. The molecule has 8 heteroatoms. The van der Waals surface area contributed by atoms with Crippen molar-refractivity contribution >= 4 is 103 Å². The van der Waals surface area contributed by atoms with Crippen LogP contribution in [0.2, 0.25) is 0 Å². The van der Waals surface area contributed by atoms with Gasteiger partial charge in [-0.3, -0.25) is 4.57 Å². The molecular formula is C52H31N5S2Si. The van der Waals surface area contributed by atoms with Gasteiger partial charge in [-0.15, -0.1) is 22.7 Å². The van der Waals surface area contributed by atoms with E-state index in [4.69, 9.17) is 19.9 Å². The van der Waals surface area contributed by atoms with Crippen molar-refractivity contribution in [3.8, 4) is 39.9 Å². The number of thiophene rings is 2. The number of hydrogen-bond acceptors (Lipinski definition) is 6. The molecule has 280 valence electrons. The maximum atomic E-state index is 5.50. The van der Waals surface area contributed by atoms with Gasteiger partial charge in [0.2, 0.25) is 8.07 Å². The van der Waals surface area contributed by atoms with E-state index in [0.717, 1.165) is 33.2 Å². The van der Waals surface area contributed by atoms with Gasteiger partial charge in [-0.25, -0.2) is 19.9 Å². The molecule has 0 amide bonds. The maximum Gasteiger partial charge on any atom is 0.226 e. The number of aromatic nitrogens is 5. The minimum absolute atomic E-state index is 0.644. The fourth-order valence-electron chi connectivity index (χ4n) is 9.54. The molecule has 0 radical (unpaired) electrons.